The van der Waals surface area contributed by atoms with E-state index in [1.54, 1.807) is 0 Å². The average Bonchev–Trinajstić information content (AvgIpc) is 2.22. The fourth-order valence-electron chi connectivity index (χ4n) is 1.40. The van der Waals surface area contributed by atoms with E-state index in [-0.39, 0.29) is 0 Å². The monoisotopic (exact) mass is 410 g/mol. The van der Waals surface area contributed by atoms with Crippen LogP contribution in [0.4, 0.5) is 26.3 Å². The summed E-state index contributed by atoms with van der Waals surface area (Å²) in [5, 5.41) is 8.37. The third-order valence-electron chi connectivity index (χ3n) is 2.17. The van der Waals surface area contributed by atoms with Crippen LogP contribution in [0.5, 0.6) is 0 Å². The van der Waals surface area contributed by atoms with E-state index < -0.39 is 38.6 Å². The molecule has 9 heteroatoms. The molecule has 0 fully saturated rings. The SMILES string of the molecule is O=C(O)/C=C/c1ccc(C(F)(F)F)c(I)c1C(F)(F)F. The van der Waals surface area contributed by atoms with Gasteiger partial charge in [-0.1, -0.05) is 6.07 Å². The number of carbonyl (C=O) groups is 1. The zero-order chi connectivity index (χ0) is 15.7. The van der Waals surface area contributed by atoms with Crippen molar-refractivity contribution in [3.63, 3.8) is 0 Å². The molecule has 1 aromatic carbocycles. The summed E-state index contributed by atoms with van der Waals surface area (Å²) in [6, 6.07) is 1.08. The Kier molecular flexibility index (Phi) is 4.72. The first-order chi connectivity index (χ1) is 8.94. The van der Waals surface area contributed by atoms with Gasteiger partial charge in [0, 0.05) is 9.65 Å². The average molecular weight is 410 g/mol. The third-order valence-corrected chi connectivity index (χ3v) is 3.29. The Morgan fingerprint density at radius 3 is 2.05 bits per heavy atom. The van der Waals surface area contributed by atoms with Crippen molar-refractivity contribution in [3.05, 3.63) is 38.5 Å². The maximum Gasteiger partial charge on any atom is 0.418 e. The molecular formula is C11H5F6IO2. The molecule has 0 aliphatic heterocycles. The maximum atomic E-state index is 12.8. The van der Waals surface area contributed by atoms with Crippen LogP contribution >= 0.6 is 22.6 Å². The van der Waals surface area contributed by atoms with Crippen LogP contribution in [0.3, 0.4) is 0 Å². The molecule has 1 N–H and O–H groups in total. The molecule has 110 valence electrons. The van der Waals surface area contributed by atoms with Crippen molar-refractivity contribution in [1.29, 1.82) is 0 Å². The summed E-state index contributed by atoms with van der Waals surface area (Å²) >= 11 is 0.953. The molecule has 0 radical (unpaired) electrons. The van der Waals surface area contributed by atoms with E-state index in [0.717, 1.165) is 22.6 Å². The van der Waals surface area contributed by atoms with Crippen LogP contribution < -0.4 is 0 Å². The molecular weight excluding hydrogens is 405 g/mol. The lowest BCUT2D eigenvalue weighted by molar-refractivity contribution is -0.144. The second-order valence-electron chi connectivity index (χ2n) is 3.56. The minimum atomic E-state index is -5.03. The molecule has 2 nitrogen and oxygen atoms in total. The number of hydrogen-bond donors (Lipinski definition) is 1. The van der Waals surface area contributed by atoms with Crippen LogP contribution in [-0.2, 0) is 17.1 Å². The van der Waals surface area contributed by atoms with Crippen LogP contribution in [0.1, 0.15) is 16.7 Å². The van der Waals surface area contributed by atoms with Crippen LogP contribution in [0.15, 0.2) is 18.2 Å². The quantitative estimate of drug-likeness (QED) is 0.445. The van der Waals surface area contributed by atoms with E-state index in [9.17, 15) is 31.1 Å². The van der Waals surface area contributed by atoms with Gasteiger partial charge in [0.1, 0.15) is 0 Å². The van der Waals surface area contributed by atoms with Gasteiger partial charge in [-0.3, -0.25) is 0 Å². The first-order valence-electron chi connectivity index (χ1n) is 4.82. The van der Waals surface area contributed by atoms with Gasteiger partial charge < -0.3 is 5.11 Å². The number of rotatable bonds is 2. The highest BCUT2D eigenvalue weighted by Gasteiger charge is 2.41. The maximum absolute atomic E-state index is 12.8. The Morgan fingerprint density at radius 2 is 1.65 bits per heavy atom. The standard InChI is InChI=1S/C11H5F6IO2/c12-10(13,14)6-3-1-5(2-4-7(19)20)8(9(6)18)11(15,16)17/h1-4H,(H,19,20)/b4-2+. The highest BCUT2D eigenvalue weighted by atomic mass is 127. The van der Waals surface area contributed by atoms with E-state index in [4.69, 9.17) is 5.11 Å². The predicted octanol–water partition coefficient (Wildman–Crippen LogP) is 4.43. The lowest BCUT2D eigenvalue weighted by Gasteiger charge is -2.17. The minimum Gasteiger partial charge on any atom is -0.478 e. The summed E-state index contributed by atoms with van der Waals surface area (Å²) in [4.78, 5) is 10.3. The van der Waals surface area contributed by atoms with E-state index >= 15 is 0 Å². The molecule has 1 aromatic rings. The molecule has 0 aliphatic rings. The van der Waals surface area contributed by atoms with Crippen molar-refractivity contribution < 1.29 is 36.2 Å². The minimum absolute atomic E-state index is 0.425. The van der Waals surface area contributed by atoms with Crippen LogP contribution in [-0.4, -0.2) is 11.1 Å². The zero-order valence-corrected chi connectivity index (χ0v) is 11.5. The van der Waals surface area contributed by atoms with Gasteiger partial charge in [-0.05, 0) is 40.3 Å². The predicted molar refractivity (Wildman–Crippen MR) is 65.8 cm³/mol. The van der Waals surface area contributed by atoms with Gasteiger partial charge in [-0.25, -0.2) is 4.79 Å². The smallest absolute Gasteiger partial charge is 0.418 e. The molecule has 0 aliphatic carbocycles. The summed E-state index contributed by atoms with van der Waals surface area (Å²) in [5.41, 5.74) is -3.57. The molecule has 0 bridgehead atoms. The molecule has 0 spiro atoms. The summed E-state index contributed by atoms with van der Waals surface area (Å²) in [7, 11) is 0. The van der Waals surface area contributed by atoms with Crippen molar-refractivity contribution in [2.24, 2.45) is 0 Å². The lowest BCUT2D eigenvalue weighted by Crippen LogP contribution is -2.16. The number of alkyl halides is 6. The van der Waals surface area contributed by atoms with Crippen molar-refractivity contribution in [3.8, 4) is 0 Å². The second-order valence-corrected chi connectivity index (χ2v) is 4.64. The summed E-state index contributed by atoms with van der Waals surface area (Å²) in [6.45, 7) is 0. The molecule has 1 rings (SSSR count). The van der Waals surface area contributed by atoms with E-state index in [1.165, 1.54) is 0 Å². The molecule has 0 saturated carbocycles. The van der Waals surface area contributed by atoms with Gasteiger partial charge in [0.15, 0.2) is 0 Å². The molecule has 20 heavy (non-hydrogen) atoms. The van der Waals surface area contributed by atoms with Crippen LogP contribution in [0.2, 0.25) is 0 Å². The van der Waals surface area contributed by atoms with E-state index in [0.29, 0.717) is 24.3 Å². The Hall–Kier alpha value is -1.26. The van der Waals surface area contributed by atoms with Crippen molar-refractivity contribution in [2.45, 2.75) is 12.4 Å². The first kappa shape index (κ1) is 16.8. The molecule has 0 aromatic heterocycles. The van der Waals surface area contributed by atoms with Crippen LogP contribution in [0.25, 0.3) is 6.08 Å². The lowest BCUT2D eigenvalue weighted by atomic mass is 10.0. The Bertz CT molecular complexity index is 559. The number of aliphatic carboxylic acids is 1. The Labute approximate surface area is 122 Å². The molecule has 0 unspecified atom stereocenters. The van der Waals surface area contributed by atoms with Gasteiger partial charge in [-0.2, -0.15) is 26.3 Å². The van der Waals surface area contributed by atoms with Gasteiger partial charge in [0.25, 0.3) is 0 Å². The molecule has 0 atom stereocenters. The van der Waals surface area contributed by atoms with E-state index in [1.807, 2.05) is 0 Å². The summed E-state index contributed by atoms with van der Waals surface area (Å²) < 4.78 is 75.3. The largest absolute Gasteiger partial charge is 0.478 e. The second kappa shape index (κ2) is 5.62. The Balaban J connectivity index is 3.57. The molecule has 0 heterocycles. The number of carboxylic acid groups (broad SMARTS) is 1. The highest BCUT2D eigenvalue weighted by Crippen LogP contribution is 2.42. The van der Waals surface area contributed by atoms with Crippen molar-refractivity contribution >= 4 is 34.6 Å². The highest BCUT2D eigenvalue weighted by molar-refractivity contribution is 14.1. The van der Waals surface area contributed by atoms with Gasteiger partial charge >= 0.3 is 18.3 Å². The number of hydrogen-bond acceptors (Lipinski definition) is 1. The number of benzene rings is 1. The first-order valence-corrected chi connectivity index (χ1v) is 5.90. The molecule has 0 saturated heterocycles. The van der Waals surface area contributed by atoms with E-state index in [2.05, 4.69) is 0 Å². The normalized spacial score (nSPS) is 12.9. The topological polar surface area (TPSA) is 37.3 Å². The van der Waals surface area contributed by atoms with Gasteiger partial charge in [-0.15, -0.1) is 0 Å². The fraction of sp³-hybridized carbons (Fsp3) is 0.182. The summed E-state index contributed by atoms with van der Waals surface area (Å²) in [6.07, 6.45) is -8.93. The number of halogens is 7. The summed E-state index contributed by atoms with van der Waals surface area (Å²) in [5.74, 6) is -1.51. The fourth-order valence-corrected chi connectivity index (χ4v) is 2.50. The van der Waals surface area contributed by atoms with Crippen molar-refractivity contribution in [1.82, 2.24) is 0 Å². The third kappa shape index (κ3) is 3.87. The zero-order valence-electron chi connectivity index (χ0n) is 9.31. The van der Waals surface area contributed by atoms with Crippen LogP contribution in [0, 0.1) is 3.57 Å². The Morgan fingerprint density at radius 1 is 1.10 bits per heavy atom. The van der Waals surface area contributed by atoms with Crippen molar-refractivity contribution in [2.75, 3.05) is 0 Å². The molecule has 0 amide bonds. The number of carboxylic acids is 1. The van der Waals surface area contributed by atoms with Gasteiger partial charge in [0.2, 0.25) is 0 Å². The van der Waals surface area contributed by atoms with Gasteiger partial charge in [0.05, 0.1) is 11.1 Å².